The zero-order chi connectivity index (χ0) is 10.8. The van der Waals surface area contributed by atoms with Gasteiger partial charge in [-0.15, -0.1) is 0 Å². The van der Waals surface area contributed by atoms with E-state index in [4.69, 9.17) is 10.0 Å². The Morgan fingerprint density at radius 3 is 2.40 bits per heavy atom. The average molecular weight is 205 g/mol. The molecule has 4 heteroatoms. The van der Waals surface area contributed by atoms with E-state index in [2.05, 4.69) is 11.0 Å². The fraction of sp³-hybridized carbons (Fsp3) is 0.455. The molecule has 3 nitrogen and oxygen atoms in total. The van der Waals surface area contributed by atoms with E-state index < -0.39 is 7.12 Å². The monoisotopic (exact) mass is 205 g/mol. The zero-order valence-electron chi connectivity index (χ0n) is 8.98. The first kappa shape index (κ1) is 10.5. The van der Waals surface area contributed by atoms with Crippen molar-refractivity contribution in [3.63, 3.8) is 0 Å². The fourth-order valence-corrected chi connectivity index (χ4v) is 2.10. The minimum Gasteiger partial charge on any atom is -0.423 e. The number of hydrogen-bond donors (Lipinski definition) is 2. The standard InChI is InChI=1S/C11H16BNO2/c1-9-6-10(12(14)15)8-11(7-9)13-4-2-3-5-13/h6-8,14-15H,2-5H2,1H3. The predicted molar refractivity (Wildman–Crippen MR) is 62.5 cm³/mol. The number of aryl methyl sites for hydroxylation is 1. The molecule has 0 bridgehead atoms. The highest BCUT2D eigenvalue weighted by Gasteiger charge is 2.16. The van der Waals surface area contributed by atoms with Crippen molar-refractivity contribution in [1.29, 1.82) is 0 Å². The van der Waals surface area contributed by atoms with Gasteiger partial charge in [-0.05, 0) is 42.9 Å². The maximum Gasteiger partial charge on any atom is 0.488 e. The van der Waals surface area contributed by atoms with E-state index in [1.54, 1.807) is 0 Å². The molecular weight excluding hydrogens is 189 g/mol. The van der Waals surface area contributed by atoms with Crippen molar-refractivity contribution in [2.24, 2.45) is 0 Å². The first-order valence-corrected chi connectivity index (χ1v) is 5.39. The van der Waals surface area contributed by atoms with E-state index in [-0.39, 0.29) is 0 Å². The lowest BCUT2D eigenvalue weighted by atomic mass is 9.79. The smallest absolute Gasteiger partial charge is 0.423 e. The lowest BCUT2D eigenvalue weighted by molar-refractivity contribution is 0.425. The summed E-state index contributed by atoms with van der Waals surface area (Å²) < 4.78 is 0. The highest BCUT2D eigenvalue weighted by molar-refractivity contribution is 6.58. The van der Waals surface area contributed by atoms with Crippen molar-refractivity contribution in [2.45, 2.75) is 19.8 Å². The van der Waals surface area contributed by atoms with Gasteiger partial charge in [0.1, 0.15) is 0 Å². The molecule has 2 N–H and O–H groups in total. The topological polar surface area (TPSA) is 43.7 Å². The molecule has 0 aliphatic carbocycles. The highest BCUT2D eigenvalue weighted by Crippen LogP contribution is 2.20. The molecule has 1 aliphatic heterocycles. The molecule has 1 fully saturated rings. The Morgan fingerprint density at radius 1 is 1.13 bits per heavy atom. The molecule has 15 heavy (non-hydrogen) atoms. The first-order valence-electron chi connectivity index (χ1n) is 5.39. The Bertz CT molecular complexity index is 348. The molecule has 0 atom stereocenters. The van der Waals surface area contributed by atoms with Crippen LogP contribution in [-0.2, 0) is 0 Å². The van der Waals surface area contributed by atoms with Gasteiger partial charge >= 0.3 is 7.12 Å². The third-order valence-electron chi connectivity index (χ3n) is 2.85. The summed E-state index contributed by atoms with van der Waals surface area (Å²) in [6.45, 7) is 4.13. The number of rotatable bonds is 2. The number of anilines is 1. The molecule has 0 spiro atoms. The van der Waals surface area contributed by atoms with Crippen LogP contribution in [-0.4, -0.2) is 30.3 Å². The van der Waals surface area contributed by atoms with E-state index in [1.165, 1.54) is 12.8 Å². The summed E-state index contributed by atoms with van der Waals surface area (Å²) in [5, 5.41) is 18.3. The Balaban J connectivity index is 2.30. The molecule has 0 unspecified atom stereocenters. The molecule has 1 aromatic carbocycles. The SMILES string of the molecule is Cc1cc(B(O)O)cc(N2CCCC2)c1. The van der Waals surface area contributed by atoms with Crippen molar-refractivity contribution in [2.75, 3.05) is 18.0 Å². The molecule has 1 aromatic rings. The minimum atomic E-state index is -1.37. The quantitative estimate of drug-likeness (QED) is 0.681. The average Bonchev–Trinajstić information content (AvgIpc) is 2.69. The molecule has 1 saturated heterocycles. The van der Waals surface area contributed by atoms with Gasteiger partial charge < -0.3 is 14.9 Å². The van der Waals surface area contributed by atoms with E-state index in [0.717, 1.165) is 24.3 Å². The van der Waals surface area contributed by atoms with Gasteiger partial charge in [0.05, 0.1) is 0 Å². The second-order valence-corrected chi connectivity index (χ2v) is 4.17. The second kappa shape index (κ2) is 4.25. The predicted octanol–water partition coefficient (Wildman–Crippen LogP) is 0.275. The number of benzene rings is 1. The van der Waals surface area contributed by atoms with Crippen LogP contribution in [0.4, 0.5) is 5.69 Å². The molecular formula is C11H16BNO2. The number of nitrogens with zero attached hydrogens (tertiary/aromatic N) is 1. The Labute approximate surface area is 90.5 Å². The maximum atomic E-state index is 9.15. The van der Waals surface area contributed by atoms with Gasteiger partial charge in [-0.3, -0.25) is 0 Å². The van der Waals surface area contributed by atoms with Crippen LogP contribution in [0, 0.1) is 6.92 Å². The fourth-order valence-electron chi connectivity index (χ4n) is 2.10. The van der Waals surface area contributed by atoms with Crippen molar-refractivity contribution in [3.05, 3.63) is 23.8 Å². The summed E-state index contributed by atoms with van der Waals surface area (Å²) in [5.74, 6) is 0. The molecule has 1 heterocycles. The maximum absolute atomic E-state index is 9.15. The molecule has 0 saturated carbocycles. The van der Waals surface area contributed by atoms with Crippen molar-refractivity contribution >= 4 is 18.3 Å². The summed E-state index contributed by atoms with van der Waals surface area (Å²) in [7, 11) is -1.37. The normalized spacial score (nSPS) is 15.8. The molecule has 0 radical (unpaired) electrons. The van der Waals surface area contributed by atoms with Crippen LogP contribution in [0.1, 0.15) is 18.4 Å². The lowest BCUT2D eigenvalue weighted by Gasteiger charge is -2.19. The van der Waals surface area contributed by atoms with Crippen molar-refractivity contribution < 1.29 is 10.0 Å². The highest BCUT2D eigenvalue weighted by atomic mass is 16.4. The van der Waals surface area contributed by atoms with E-state index in [1.807, 2.05) is 19.1 Å². The van der Waals surface area contributed by atoms with Gasteiger partial charge in [0.25, 0.3) is 0 Å². The van der Waals surface area contributed by atoms with Crippen molar-refractivity contribution in [3.8, 4) is 0 Å². The summed E-state index contributed by atoms with van der Waals surface area (Å²) in [6.07, 6.45) is 2.45. The molecule has 2 rings (SSSR count). The molecule has 0 amide bonds. The third-order valence-corrected chi connectivity index (χ3v) is 2.85. The van der Waals surface area contributed by atoms with Gasteiger partial charge in [-0.2, -0.15) is 0 Å². The minimum absolute atomic E-state index is 0.580. The van der Waals surface area contributed by atoms with Crippen LogP contribution in [0.2, 0.25) is 0 Å². The molecule has 1 aliphatic rings. The van der Waals surface area contributed by atoms with Crippen LogP contribution in [0.15, 0.2) is 18.2 Å². The molecule has 0 aromatic heterocycles. The van der Waals surface area contributed by atoms with Gasteiger partial charge in [0.2, 0.25) is 0 Å². The number of hydrogen-bond acceptors (Lipinski definition) is 3. The van der Waals surface area contributed by atoms with Crippen LogP contribution in [0.3, 0.4) is 0 Å². The van der Waals surface area contributed by atoms with Crippen LogP contribution >= 0.6 is 0 Å². The zero-order valence-corrected chi connectivity index (χ0v) is 8.98. The second-order valence-electron chi connectivity index (χ2n) is 4.17. The third kappa shape index (κ3) is 2.33. The van der Waals surface area contributed by atoms with E-state index in [0.29, 0.717) is 5.46 Å². The first-order chi connectivity index (χ1) is 7.16. The van der Waals surface area contributed by atoms with Crippen molar-refractivity contribution in [1.82, 2.24) is 0 Å². The lowest BCUT2D eigenvalue weighted by Crippen LogP contribution is -2.31. The van der Waals surface area contributed by atoms with Gasteiger partial charge in [-0.1, -0.05) is 6.07 Å². The van der Waals surface area contributed by atoms with Gasteiger partial charge in [0, 0.05) is 18.8 Å². The van der Waals surface area contributed by atoms with E-state index in [9.17, 15) is 0 Å². The van der Waals surface area contributed by atoms with Crippen LogP contribution in [0.25, 0.3) is 0 Å². The summed E-state index contributed by atoms with van der Waals surface area (Å²) in [6, 6.07) is 5.77. The Hall–Kier alpha value is -0.995. The van der Waals surface area contributed by atoms with Gasteiger partial charge in [-0.25, -0.2) is 0 Å². The van der Waals surface area contributed by atoms with Crippen LogP contribution < -0.4 is 10.4 Å². The summed E-state index contributed by atoms with van der Waals surface area (Å²) >= 11 is 0. The van der Waals surface area contributed by atoms with Gasteiger partial charge in [0.15, 0.2) is 0 Å². The Kier molecular flexibility index (Phi) is 2.98. The summed E-state index contributed by atoms with van der Waals surface area (Å²) in [4.78, 5) is 2.29. The molecule has 80 valence electrons. The largest absolute Gasteiger partial charge is 0.488 e. The van der Waals surface area contributed by atoms with E-state index >= 15 is 0 Å². The summed E-state index contributed by atoms with van der Waals surface area (Å²) in [5.41, 5.74) is 2.76. The van der Waals surface area contributed by atoms with Crippen LogP contribution in [0.5, 0.6) is 0 Å². The Morgan fingerprint density at radius 2 is 1.80 bits per heavy atom.